The second-order valence-corrected chi connectivity index (χ2v) is 11.6. The van der Waals surface area contributed by atoms with E-state index in [-0.39, 0.29) is 0 Å². The molecule has 8 aromatic rings. The Hall–Kier alpha value is -6.05. The van der Waals surface area contributed by atoms with E-state index in [4.69, 9.17) is 4.98 Å². The molecule has 0 bridgehead atoms. The van der Waals surface area contributed by atoms with Gasteiger partial charge in [-0.3, -0.25) is 0 Å². The quantitative estimate of drug-likeness (QED) is 0.189. The highest BCUT2D eigenvalue weighted by atomic mass is 14.7. The molecule has 1 aromatic heterocycles. The fourth-order valence-corrected chi connectivity index (χ4v) is 6.31. The molecule has 0 amide bonds. The minimum absolute atomic E-state index is 0.971. The summed E-state index contributed by atoms with van der Waals surface area (Å²) in [5, 5.41) is 1.16. The van der Waals surface area contributed by atoms with Crippen LogP contribution in [-0.4, -0.2) is 4.98 Å². The molecule has 0 aliphatic heterocycles. The first-order valence-corrected chi connectivity index (χ1v) is 15.7. The zero-order valence-electron chi connectivity index (χ0n) is 25.3. The number of hydrogen-bond acceptors (Lipinski definition) is 1. The van der Waals surface area contributed by atoms with Gasteiger partial charge in [0.05, 0.1) is 11.2 Å². The Labute approximate surface area is 270 Å². The van der Waals surface area contributed by atoms with Gasteiger partial charge in [-0.05, 0) is 98.1 Å². The number of fused-ring (bicyclic) bond motifs is 1. The highest BCUT2D eigenvalue weighted by Crippen LogP contribution is 2.36. The Balaban J connectivity index is 1.21. The normalized spacial score (nSPS) is 11.0. The van der Waals surface area contributed by atoms with Gasteiger partial charge in [-0.2, -0.15) is 0 Å². The van der Waals surface area contributed by atoms with E-state index in [0.29, 0.717) is 0 Å². The summed E-state index contributed by atoms with van der Waals surface area (Å²) in [4.78, 5) is 5.11. The van der Waals surface area contributed by atoms with Crippen molar-refractivity contribution in [2.75, 3.05) is 0 Å². The molecule has 0 fully saturated rings. The van der Waals surface area contributed by atoms with Crippen LogP contribution in [0.2, 0.25) is 0 Å². The number of pyridine rings is 1. The molecule has 0 saturated carbocycles. The Morgan fingerprint density at radius 1 is 0.261 bits per heavy atom. The highest BCUT2D eigenvalue weighted by Gasteiger charge is 2.12. The summed E-state index contributed by atoms with van der Waals surface area (Å²) in [7, 11) is 0. The summed E-state index contributed by atoms with van der Waals surface area (Å²) in [5.41, 5.74) is 15.0. The fourth-order valence-electron chi connectivity index (χ4n) is 6.31. The molecule has 0 spiro atoms. The van der Waals surface area contributed by atoms with Crippen molar-refractivity contribution in [2.45, 2.75) is 0 Å². The van der Waals surface area contributed by atoms with Gasteiger partial charge in [0, 0.05) is 10.9 Å². The van der Waals surface area contributed by atoms with Gasteiger partial charge in [0.25, 0.3) is 0 Å². The van der Waals surface area contributed by atoms with E-state index in [0.717, 1.165) is 27.7 Å². The van der Waals surface area contributed by atoms with Crippen LogP contribution in [0.5, 0.6) is 0 Å². The molecule has 0 N–H and O–H groups in total. The van der Waals surface area contributed by atoms with Gasteiger partial charge in [-0.1, -0.05) is 146 Å². The summed E-state index contributed by atoms with van der Waals surface area (Å²) in [6, 6.07) is 67.0. The average Bonchev–Trinajstić information content (AvgIpc) is 3.15. The molecule has 1 nitrogen and oxygen atoms in total. The highest BCUT2D eigenvalue weighted by molar-refractivity contribution is 5.97. The van der Waals surface area contributed by atoms with E-state index >= 15 is 0 Å². The van der Waals surface area contributed by atoms with E-state index in [1.807, 2.05) is 0 Å². The van der Waals surface area contributed by atoms with Gasteiger partial charge in [-0.15, -0.1) is 0 Å². The summed E-state index contributed by atoms with van der Waals surface area (Å²) in [6.45, 7) is 0. The van der Waals surface area contributed by atoms with Crippen LogP contribution in [0.25, 0.3) is 77.8 Å². The maximum atomic E-state index is 5.11. The van der Waals surface area contributed by atoms with Crippen LogP contribution in [0.15, 0.2) is 188 Å². The van der Waals surface area contributed by atoms with E-state index < -0.39 is 0 Å². The van der Waals surface area contributed by atoms with E-state index in [1.165, 1.54) is 50.1 Å². The van der Waals surface area contributed by atoms with E-state index in [1.54, 1.807) is 0 Å². The van der Waals surface area contributed by atoms with Crippen molar-refractivity contribution in [3.05, 3.63) is 188 Å². The minimum atomic E-state index is 0.971. The van der Waals surface area contributed by atoms with Crippen molar-refractivity contribution < 1.29 is 0 Å². The van der Waals surface area contributed by atoms with Crippen LogP contribution in [0.3, 0.4) is 0 Å². The molecule has 46 heavy (non-hydrogen) atoms. The molecule has 0 unspecified atom stereocenters. The van der Waals surface area contributed by atoms with Gasteiger partial charge in [0.15, 0.2) is 0 Å². The Bertz CT molecular complexity index is 2230. The van der Waals surface area contributed by atoms with Crippen LogP contribution >= 0.6 is 0 Å². The molecule has 8 rings (SSSR count). The summed E-state index contributed by atoms with van der Waals surface area (Å²) in [5.74, 6) is 0. The van der Waals surface area contributed by atoms with Crippen molar-refractivity contribution in [1.82, 2.24) is 4.98 Å². The molecule has 7 aromatic carbocycles. The standard InChI is InChI=1S/C45H31N/c1-4-14-32(15-5-1)39-28-40(33-16-6-2-7-17-33)30-41(29-39)37-22-12-20-35(26-37)36-21-13-23-38(27-36)45-31-43(34-18-8-3-9-19-34)42-24-10-11-25-44(42)46-45/h1-31H. The predicted octanol–water partition coefficient (Wildman–Crippen LogP) is 12.2. The summed E-state index contributed by atoms with van der Waals surface area (Å²) >= 11 is 0. The number of benzene rings is 7. The van der Waals surface area contributed by atoms with Crippen LogP contribution in [0.1, 0.15) is 0 Å². The average molecular weight is 586 g/mol. The van der Waals surface area contributed by atoms with E-state index in [2.05, 4.69) is 188 Å². The minimum Gasteiger partial charge on any atom is -0.248 e. The maximum Gasteiger partial charge on any atom is 0.0716 e. The molecule has 1 heteroatoms. The van der Waals surface area contributed by atoms with Crippen LogP contribution in [0.4, 0.5) is 0 Å². The second-order valence-electron chi connectivity index (χ2n) is 11.6. The summed E-state index contributed by atoms with van der Waals surface area (Å²) < 4.78 is 0. The molecule has 1 heterocycles. The Kier molecular flexibility index (Phi) is 7.26. The number of hydrogen-bond donors (Lipinski definition) is 0. The molecular formula is C45H31N. The fraction of sp³-hybridized carbons (Fsp3) is 0. The van der Waals surface area contributed by atoms with Crippen molar-refractivity contribution in [1.29, 1.82) is 0 Å². The van der Waals surface area contributed by atoms with Crippen LogP contribution in [0, 0.1) is 0 Å². The molecule has 0 atom stereocenters. The molecule has 0 aliphatic carbocycles. The second kappa shape index (κ2) is 12.1. The van der Waals surface area contributed by atoms with Gasteiger partial charge in [0.1, 0.15) is 0 Å². The lowest BCUT2D eigenvalue weighted by atomic mass is 9.92. The zero-order valence-corrected chi connectivity index (χ0v) is 25.3. The van der Waals surface area contributed by atoms with Crippen molar-refractivity contribution in [3.63, 3.8) is 0 Å². The van der Waals surface area contributed by atoms with Crippen molar-refractivity contribution >= 4 is 10.9 Å². The van der Waals surface area contributed by atoms with Crippen LogP contribution in [-0.2, 0) is 0 Å². The number of para-hydroxylation sites is 1. The van der Waals surface area contributed by atoms with Gasteiger partial charge in [0.2, 0.25) is 0 Å². The third-order valence-corrected chi connectivity index (χ3v) is 8.64. The lowest BCUT2D eigenvalue weighted by Gasteiger charge is -2.13. The Morgan fingerprint density at radius 2 is 0.652 bits per heavy atom. The van der Waals surface area contributed by atoms with Gasteiger partial charge >= 0.3 is 0 Å². The maximum absolute atomic E-state index is 5.11. The summed E-state index contributed by atoms with van der Waals surface area (Å²) in [6.07, 6.45) is 0. The lowest BCUT2D eigenvalue weighted by molar-refractivity contribution is 1.40. The van der Waals surface area contributed by atoms with E-state index in [9.17, 15) is 0 Å². The third kappa shape index (κ3) is 5.51. The lowest BCUT2D eigenvalue weighted by Crippen LogP contribution is -1.90. The largest absolute Gasteiger partial charge is 0.248 e. The molecule has 0 radical (unpaired) electrons. The smallest absolute Gasteiger partial charge is 0.0716 e. The van der Waals surface area contributed by atoms with Crippen molar-refractivity contribution in [2.24, 2.45) is 0 Å². The van der Waals surface area contributed by atoms with Gasteiger partial charge < -0.3 is 0 Å². The predicted molar refractivity (Wildman–Crippen MR) is 194 cm³/mol. The Morgan fingerprint density at radius 3 is 1.24 bits per heavy atom. The topological polar surface area (TPSA) is 12.9 Å². The first-order valence-electron chi connectivity index (χ1n) is 15.7. The monoisotopic (exact) mass is 585 g/mol. The zero-order chi connectivity index (χ0) is 30.7. The first-order chi connectivity index (χ1) is 22.8. The third-order valence-electron chi connectivity index (χ3n) is 8.64. The molecular weight excluding hydrogens is 555 g/mol. The van der Waals surface area contributed by atoms with Gasteiger partial charge in [-0.25, -0.2) is 4.98 Å². The first kappa shape index (κ1) is 27.5. The number of nitrogens with zero attached hydrogens (tertiary/aromatic N) is 1. The molecule has 0 saturated heterocycles. The molecule has 0 aliphatic rings. The van der Waals surface area contributed by atoms with Crippen LogP contribution < -0.4 is 0 Å². The SMILES string of the molecule is c1ccc(-c2cc(-c3ccccc3)cc(-c3cccc(-c4cccc(-c5cc(-c6ccccc6)c6ccccc6n5)c4)c3)c2)cc1. The number of rotatable bonds is 6. The number of aromatic nitrogens is 1. The van der Waals surface area contributed by atoms with Crippen molar-refractivity contribution in [3.8, 4) is 66.9 Å². The molecule has 216 valence electrons.